The molecule has 0 aromatic rings. The molecule has 644 valence electrons. The summed E-state index contributed by atoms with van der Waals surface area (Å²) in [6.07, 6.45) is 112. The molecule has 0 saturated heterocycles. The van der Waals surface area contributed by atoms with Crippen LogP contribution in [0.1, 0.15) is 342 Å². The van der Waals surface area contributed by atoms with Crippen LogP contribution in [0.5, 0.6) is 0 Å². The van der Waals surface area contributed by atoms with Crippen molar-refractivity contribution < 1.29 is 75.8 Å². The predicted octanol–water partition coefficient (Wildman–Crippen LogP) is 26.9. The van der Waals surface area contributed by atoms with Gasteiger partial charge in [0.15, 0.2) is 6.10 Å². The molecule has 0 fully saturated rings. The molecule has 16 nitrogen and oxygen atoms in total. The van der Waals surface area contributed by atoms with Crippen LogP contribution in [0.15, 0.2) is 182 Å². The molecule has 0 heterocycles. The number of hydrogen-bond donors (Lipinski definition) is 4. The minimum absolute atomic E-state index is 0.0214. The number of aliphatic hydroxyl groups excluding tert-OH is 2. The number of allylic oxidation sites excluding steroid dienone is 30. The fourth-order valence-corrected chi connectivity index (χ4v) is 13.1. The number of unbranched alkanes of at least 4 members (excludes halogenated alkanes) is 29. The molecule has 0 aliphatic heterocycles. The fourth-order valence-electron chi connectivity index (χ4n) is 11.5. The Labute approximate surface area is 687 Å². The highest BCUT2D eigenvalue weighted by molar-refractivity contribution is 7.47. The summed E-state index contributed by atoms with van der Waals surface area (Å²) in [6.45, 7) is 2.29. The maximum absolute atomic E-state index is 13.0. The van der Waals surface area contributed by atoms with E-state index in [1.54, 1.807) is 0 Å². The molecule has 0 aliphatic rings. The zero-order valence-electron chi connectivity index (χ0n) is 70.7. The van der Waals surface area contributed by atoms with E-state index in [9.17, 15) is 43.5 Å². The lowest BCUT2D eigenvalue weighted by molar-refractivity contribution is -0.161. The van der Waals surface area contributed by atoms with Gasteiger partial charge in [-0.05, 0) is 148 Å². The number of ether oxygens (including phenoxy) is 3. The quantitative estimate of drug-likeness (QED) is 0.0146. The number of phosphoric acid groups is 2. The first-order valence-electron chi connectivity index (χ1n) is 44.1. The summed E-state index contributed by atoms with van der Waals surface area (Å²) in [5.74, 6) is -1.65. The van der Waals surface area contributed by atoms with Gasteiger partial charge in [-0.1, -0.05) is 357 Å². The van der Waals surface area contributed by atoms with Gasteiger partial charge in [-0.25, -0.2) is 9.13 Å². The van der Waals surface area contributed by atoms with Gasteiger partial charge in [0.05, 0.1) is 26.4 Å². The van der Waals surface area contributed by atoms with Gasteiger partial charge in [0.2, 0.25) is 0 Å². The summed E-state index contributed by atoms with van der Waals surface area (Å²) in [5.41, 5.74) is 0. The molecule has 0 radical (unpaired) electrons. The Morgan fingerprint density at radius 1 is 0.248 bits per heavy atom. The molecule has 5 atom stereocenters. The number of esters is 3. The number of hydrogen-bond acceptors (Lipinski definition) is 14. The van der Waals surface area contributed by atoms with Crippen LogP contribution in [-0.4, -0.2) is 95.9 Å². The van der Waals surface area contributed by atoms with Crippen LogP contribution < -0.4 is 0 Å². The van der Waals surface area contributed by atoms with E-state index in [4.69, 9.17) is 32.3 Å². The fraction of sp³-hybridized carbons (Fsp3) is 0.653. The second-order valence-corrected chi connectivity index (χ2v) is 31.8. The van der Waals surface area contributed by atoms with Crippen molar-refractivity contribution in [2.45, 2.75) is 360 Å². The lowest BCUT2D eigenvalue weighted by Crippen LogP contribution is -2.30. The second-order valence-electron chi connectivity index (χ2n) is 28.9. The van der Waals surface area contributed by atoms with E-state index in [-0.39, 0.29) is 19.3 Å². The Kier molecular flexibility index (Phi) is 81.9. The first-order valence-corrected chi connectivity index (χ1v) is 47.1. The molecule has 0 rings (SSSR count). The maximum atomic E-state index is 13.0. The van der Waals surface area contributed by atoms with E-state index in [0.717, 1.165) is 148 Å². The topological polar surface area (TPSA) is 231 Å². The molecule has 0 amide bonds. The van der Waals surface area contributed by atoms with E-state index >= 15 is 0 Å². The lowest BCUT2D eigenvalue weighted by atomic mass is 10.0. The number of phosphoric ester groups is 2. The summed E-state index contributed by atoms with van der Waals surface area (Å²) >= 11 is 0. The molecule has 5 unspecified atom stereocenters. The van der Waals surface area contributed by atoms with Gasteiger partial charge < -0.3 is 34.2 Å². The molecule has 4 N–H and O–H groups in total. The van der Waals surface area contributed by atoms with Crippen LogP contribution >= 0.6 is 15.6 Å². The summed E-state index contributed by atoms with van der Waals surface area (Å²) in [7, 11) is -9.83. The molecular formula is C95H158O16P2. The third-order valence-corrected chi connectivity index (χ3v) is 20.0. The monoisotopic (exact) mass is 1620 g/mol. The molecule has 0 bridgehead atoms. The van der Waals surface area contributed by atoms with Gasteiger partial charge in [0, 0.05) is 19.3 Å². The third-order valence-electron chi connectivity index (χ3n) is 18.1. The average molecular weight is 1620 g/mol. The van der Waals surface area contributed by atoms with E-state index in [1.807, 2.05) is 12.2 Å². The smallest absolute Gasteiger partial charge is 0.463 e. The molecule has 0 aliphatic carbocycles. The lowest BCUT2D eigenvalue weighted by Gasteiger charge is -2.21. The highest BCUT2D eigenvalue weighted by Crippen LogP contribution is 2.45. The van der Waals surface area contributed by atoms with Crippen molar-refractivity contribution in [3.63, 3.8) is 0 Å². The van der Waals surface area contributed by atoms with E-state index in [1.165, 1.54) is 128 Å². The summed E-state index contributed by atoms with van der Waals surface area (Å²) in [6, 6.07) is 0. The maximum Gasteiger partial charge on any atom is 0.472 e. The van der Waals surface area contributed by atoms with Gasteiger partial charge in [-0.2, -0.15) is 0 Å². The number of rotatable bonds is 82. The second kappa shape index (κ2) is 86.0. The highest BCUT2D eigenvalue weighted by Gasteiger charge is 2.29. The van der Waals surface area contributed by atoms with Gasteiger partial charge in [-0.3, -0.25) is 32.5 Å². The zero-order chi connectivity index (χ0) is 82.2. The van der Waals surface area contributed by atoms with Gasteiger partial charge in [0.1, 0.15) is 25.4 Å². The third kappa shape index (κ3) is 87.3. The predicted molar refractivity (Wildman–Crippen MR) is 472 cm³/mol. The Morgan fingerprint density at radius 2 is 0.451 bits per heavy atom. The van der Waals surface area contributed by atoms with E-state index < -0.39 is 91.5 Å². The van der Waals surface area contributed by atoms with Gasteiger partial charge in [-0.15, -0.1) is 0 Å². The van der Waals surface area contributed by atoms with Crippen LogP contribution in [0.2, 0.25) is 0 Å². The molecule has 0 aromatic carbocycles. The van der Waals surface area contributed by atoms with Crippen LogP contribution in [0.25, 0.3) is 0 Å². The van der Waals surface area contributed by atoms with Crippen LogP contribution in [-0.2, 0) is 55.8 Å². The first kappa shape index (κ1) is 108. The summed E-state index contributed by atoms with van der Waals surface area (Å²) in [4.78, 5) is 58.8. The molecular weight excluding hydrogens is 1460 g/mol. The summed E-state index contributed by atoms with van der Waals surface area (Å²) < 4.78 is 61.3. The Balaban J connectivity index is 4.56. The summed E-state index contributed by atoms with van der Waals surface area (Å²) in [5, 5.41) is 20.7. The van der Waals surface area contributed by atoms with Gasteiger partial charge >= 0.3 is 33.6 Å². The van der Waals surface area contributed by atoms with Crippen LogP contribution in [0.3, 0.4) is 0 Å². The number of aliphatic hydroxyl groups is 2. The SMILES string of the molecule is CC/C=C\C/C=C\C/C=C\C/C=C\C/C=C\CCCCCCCCCCCCCCCCCC(=O)OCC(O)COP(=O)(O)OCC(O)COP(=O)(O)OCC(COC(=O)CCCCCCCCCCCCCCC/C=C\C/C=C\C/C=C\C/C=C\C/C=C\CC)OC(=O)CCC/C=C\C/C=C\C/C=C\C/C=C\C/C=C\CC. The zero-order valence-corrected chi connectivity index (χ0v) is 72.5. The van der Waals surface area contributed by atoms with Crippen molar-refractivity contribution in [2.24, 2.45) is 0 Å². The van der Waals surface area contributed by atoms with Crippen LogP contribution in [0.4, 0.5) is 0 Å². The first-order chi connectivity index (χ1) is 55.2. The Morgan fingerprint density at radius 3 is 0.726 bits per heavy atom. The Hall–Kier alpha value is -5.35. The van der Waals surface area contributed by atoms with Crippen LogP contribution in [0, 0.1) is 0 Å². The highest BCUT2D eigenvalue weighted by atomic mass is 31.2. The molecule has 0 spiro atoms. The van der Waals surface area contributed by atoms with Crippen molar-refractivity contribution in [3.05, 3.63) is 182 Å². The molecule has 0 saturated carbocycles. The van der Waals surface area contributed by atoms with Crippen molar-refractivity contribution >= 4 is 33.6 Å². The normalized spacial score (nSPS) is 14.7. The van der Waals surface area contributed by atoms with Crippen molar-refractivity contribution in [1.29, 1.82) is 0 Å². The minimum atomic E-state index is -4.96. The van der Waals surface area contributed by atoms with Gasteiger partial charge in [0.25, 0.3) is 0 Å². The van der Waals surface area contributed by atoms with E-state index in [2.05, 4.69) is 191 Å². The molecule has 18 heteroatoms. The molecule has 0 aromatic heterocycles. The Bertz CT molecular complexity index is 2780. The largest absolute Gasteiger partial charge is 0.472 e. The van der Waals surface area contributed by atoms with Crippen molar-refractivity contribution in [1.82, 2.24) is 0 Å². The average Bonchev–Trinajstić information content (AvgIpc) is 0.901. The minimum Gasteiger partial charge on any atom is -0.463 e. The van der Waals surface area contributed by atoms with Crippen molar-refractivity contribution in [3.8, 4) is 0 Å². The number of carbonyl (C=O) groups excluding carboxylic acids is 3. The number of carbonyl (C=O) groups is 3. The van der Waals surface area contributed by atoms with E-state index in [0.29, 0.717) is 25.7 Å². The molecule has 113 heavy (non-hydrogen) atoms. The van der Waals surface area contributed by atoms with Crippen molar-refractivity contribution in [2.75, 3.05) is 39.6 Å². The standard InChI is InChI=1S/C95H158O16P2/c1-4-7-10-13-16-19-22-25-28-31-33-35-37-39-41-43-44-46-48-49-51-53-55-58-60-63-66-69-72-75-78-81-93(98)105-84-90(96)85-107-112(101,102)108-86-91(97)87-109-113(103,104)110-89-92(111-95(100)83-80-77-74-71-68-65-62-57-30-27-24-21-18-15-12-9-6-3)88-106-94(99)82-79-76-73-70-67-64-61-59-56-54-52-50-47-45-42-40-38-36-34-32-29-26-23-20-17-14-11-8-5-2/h7-12,16-21,25-30,33-36,39-42,62,65,71,74,90-92,96-97H,4-6,13-15,22-24,31-32,37-38,43-61,63-64,66-70,72-73,75-89H2,1-3H3,(H,101,102)(H,103,104)/b10-7-,11-8-,12-9-,19-16-,20-17-,21-18-,28-25-,29-26-,30-27-,35-33-,36-34-,41-39-,42-40-,65-62-,74-71-.